The molecule has 0 saturated heterocycles. The highest BCUT2D eigenvalue weighted by atomic mass is 17.1. The van der Waals surface area contributed by atoms with Crippen molar-refractivity contribution in [2.24, 2.45) is 5.92 Å². The maximum absolute atomic E-state index is 8.56. The van der Waals surface area contributed by atoms with Gasteiger partial charge in [-0.2, -0.15) is 0 Å². The molecule has 4 heteroatoms. The second-order valence-corrected chi connectivity index (χ2v) is 6.91. The lowest BCUT2D eigenvalue weighted by molar-refractivity contribution is -0.253. The van der Waals surface area contributed by atoms with E-state index >= 15 is 0 Å². The molecular formula is C22H32N2O2. The van der Waals surface area contributed by atoms with Crippen LogP contribution in [0.3, 0.4) is 0 Å². The molecule has 0 spiro atoms. The van der Waals surface area contributed by atoms with Gasteiger partial charge in [0.15, 0.2) is 0 Å². The fraction of sp³-hybridized carbons (Fsp3) is 0.455. The van der Waals surface area contributed by atoms with Gasteiger partial charge in [-0.05, 0) is 48.9 Å². The van der Waals surface area contributed by atoms with E-state index in [9.17, 15) is 0 Å². The predicted octanol–water partition coefficient (Wildman–Crippen LogP) is 4.01. The normalized spacial score (nSPS) is 13.5. The Morgan fingerprint density at radius 2 is 1.65 bits per heavy atom. The summed E-state index contributed by atoms with van der Waals surface area (Å²) in [6, 6.07) is 19.3. The SMILES string of the molecule is CCCNC(C)C(CNCc1ccccc1)Cc1ccc(COO)cc1. The van der Waals surface area contributed by atoms with Crippen LogP contribution in [-0.2, 0) is 24.5 Å². The van der Waals surface area contributed by atoms with E-state index in [4.69, 9.17) is 5.26 Å². The van der Waals surface area contributed by atoms with Gasteiger partial charge >= 0.3 is 0 Å². The van der Waals surface area contributed by atoms with Crippen LogP contribution in [0.15, 0.2) is 54.6 Å². The van der Waals surface area contributed by atoms with Gasteiger partial charge in [-0.1, -0.05) is 61.5 Å². The summed E-state index contributed by atoms with van der Waals surface area (Å²) in [5.41, 5.74) is 3.60. The number of benzene rings is 2. The van der Waals surface area contributed by atoms with Gasteiger partial charge in [-0.3, -0.25) is 5.26 Å². The zero-order valence-corrected chi connectivity index (χ0v) is 15.9. The van der Waals surface area contributed by atoms with Crippen molar-refractivity contribution in [2.75, 3.05) is 13.1 Å². The molecule has 0 bridgehead atoms. The highest BCUT2D eigenvalue weighted by Crippen LogP contribution is 2.14. The Morgan fingerprint density at radius 1 is 0.962 bits per heavy atom. The lowest BCUT2D eigenvalue weighted by atomic mass is 9.92. The van der Waals surface area contributed by atoms with Gasteiger partial charge < -0.3 is 10.6 Å². The molecule has 2 unspecified atom stereocenters. The van der Waals surface area contributed by atoms with Gasteiger partial charge in [-0.15, -0.1) is 0 Å². The molecule has 0 radical (unpaired) electrons. The lowest BCUT2D eigenvalue weighted by Crippen LogP contribution is -2.40. The smallest absolute Gasteiger partial charge is 0.107 e. The van der Waals surface area contributed by atoms with E-state index in [1.54, 1.807) is 0 Å². The Labute approximate surface area is 157 Å². The summed E-state index contributed by atoms with van der Waals surface area (Å²) in [4.78, 5) is 4.21. The van der Waals surface area contributed by atoms with Crippen LogP contribution in [0.5, 0.6) is 0 Å². The van der Waals surface area contributed by atoms with Gasteiger partial charge in [0.25, 0.3) is 0 Å². The average molecular weight is 357 g/mol. The van der Waals surface area contributed by atoms with E-state index < -0.39 is 0 Å². The Bertz CT molecular complexity index is 601. The molecule has 142 valence electrons. The molecular weight excluding hydrogens is 324 g/mol. The van der Waals surface area contributed by atoms with Crippen LogP contribution in [0.2, 0.25) is 0 Å². The highest BCUT2D eigenvalue weighted by Gasteiger charge is 2.17. The van der Waals surface area contributed by atoms with Crippen LogP contribution in [0, 0.1) is 5.92 Å². The molecule has 0 saturated carbocycles. The number of hydrogen-bond donors (Lipinski definition) is 3. The molecule has 2 atom stereocenters. The first kappa shape index (κ1) is 20.6. The van der Waals surface area contributed by atoms with E-state index in [1.807, 2.05) is 12.1 Å². The molecule has 0 aliphatic rings. The average Bonchev–Trinajstić information content (AvgIpc) is 2.68. The van der Waals surface area contributed by atoms with Crippen LogP contribution < -0.4 is 10.6 Å². The molecule has 26 heavy (non-hydrogen) atoms. The number of nitrogens with one attached hydrogen (secondary N) is 2. The molecule has 0 amide bonds. The largest absolute Gasteiger partial charge is 0.314 e. The third kappa shape index (κ3) is 7.26. The minimum Gasteiger partial charge on any atom is -0.314 e. The summed E-state index contributed by atoms with van der Waals surface area (Å²) >= 11 is 0. The predicted molar refractivity (Wildman–Crippen MR) is 107 cm³/mol. The molecule has 0 aromatic heterocycles. The second kappa shape index (κ2) is 11.8. The summed E-state index contributed by atoms with van der Waals surface area (Å²) < 4.78 is 0. The van der Waals surface area contributed by atoms with Crippen molar-refractivity contribution >= 4 is 0 Å². The molecule has 2 aromatic carbocycles. The molecule has 4 nitrogen and oxygen atoms in total. The lowest BCUT2D eigenvalue weighted by Gasteiger charge is -2.26. The van der Waals surface area contributed by atoms with Crippen LogP contribution in [0.1, 0.15) is 37.0 Å². The van der Waals surface area contributed by atoms with Crippen molar-refractivity contribution in [2.45, 2.75) is 45.9 Å². The third-order valence-electron chi connectivity index (χ3n) is 4.75. The van der Waals surface area contributed by atoms with Gasteiger partial charge in [0.2, 0.25) is 0 Å². The summed E-state index contributed by atoms with van der Waals surface area (Å²) in [6.45, 7) is 7.61. The maximum atomic E-state index is 8.56. The van der Waals surface area contributed by atoms with Gasteiger partial charge in [0.05, 0.1) is 0 Å². The van der Waals surface area contributed by atoms with Crippen molar-refractivity contribution in [3.05, 3.63) is 71.3 Å². The highest BCUT2D eigenvalue weighted by molar-refractivity contribution is 5.22. The molecule has 2 aromatic rings. The molecule has 0 aliphatic carbocycles. The minimum atomic E-state index is 0.233. The quantitative estimate of drug-likeness (QED) is 0.397. The summed E-state index contributed by atoms with van der Waals surface area (Å²) in [7, 11) is 0. The molecule has 2 rings (SSSR count). The first-order chi connectivity index (χ1) is 12.7. The van der Waals surface area contributed by atoms with Crippen LogP contribution in [0.4, 0.5) is 0 Å². The Hall–Kier alpha value is -1.72. The number of rotatable bonds is 12. The summed E-state index contributed by atoms with van der Waals surface area (Å²) in [6.07, 6.45) is 2.16. The van der Waals surface area contributed by atoms with E-state index in [-0.39, 0.29) is 6.61 Å². The first-order valence-electron chi connectivity index (χ1n) is 9.55. The van der Waals surface area contributed by atoms with E-state index in [0.717, 1.165) is 38.0 Å². The second-order valence-electron chi connectivity index (χ2n) is 6.91. The molecule has 0 fully saturated rings. The zero-order valence-electron chi connectivity index (χ0n) is 15.9. The maximum Gasteiger partial charge on any atom is 0.107 e. The first-order valence-corrected chi connectivity index (χ1v) is 9.55. The summed E-state index contributed by atoms with van der Waals surface area (Å²) in [5, 5.41) is 15.8. The molecule has 0 aliphatic heterocycles. The minimum absolute atomic E-state index is 0.233. The van der Waals surface area contributed by atoms with E-state index in [0.29, 0.717) is 12.0 Å². The van der Waals surface area contributed by atoms with Crippen molar-refractivity contribution in [3.63, 3.8) is 0 Å². The topological polar surface area (TPSA) is 53.5 Å². The summed E-state index contributed by atoms with van der Waals surface area (Å²) in [5.74, 6) is 0.505. The van der Waals surface area contributed by atoms with Crippen LogP contribution >= 0.6 is 0 Å². The van der Waals surface area contributed by atoms with E-state index in [2.05, 4.69) is 71.8 Å². The standard InChI is InChI=1S/C22H32N2O2/c1-3-13-24-18(2)22(16-23-15-20-7-5-4-6-8-20)14-19-9-11-21(12-10-19)17-26-25/h4-12,18,22-25H,3,13-17H2,1-2H3. The van der Waals surface area contributed by atoms with Gasteiger partial charge in [0, 0.05) is 19.1 Å². The zero-order chi connectivity index (χ0) is 18.6. The van der Waals surface area contributed by atoms with Crippen molar-refractivity contribution in [3.8, 4) is 0 Å². The number of hydrogen-bond acceptors (Lipinski definition) is 4. The van der Waals surface area contributed by atoms with Crippen molar-refractivity contribution in [1.29, 1.82) is 0 Å². The van der Waals surface area contributed by atoms with Gasteiger partial charge in [0.1, 0.15) is 6.61 Å². The van der Waals surface area contributed by atoms with E-state index in [1.165, 1.54) is 11.1 Å². The Morgan fingerprint density at radius 3 is 2.31 bits per heavy atom. The fourth-order valence-corrected chi connectivity index (χ4v) is 3.11. The van der Waals surface area contributed by atoms with Crippen LogP contribution in [-0.4, -0.2) is 24.4 Å². The molecule has 0 heterocycles. The Kier molecular flexibility index (Phi) is 9.35. The fourth-order valence-electron chi connectivity index (χ4n) is 3.11. The third-order valence-corrected chi connectivity index (χ3v) is 4.75. The Balaban J connectivity index is 1.93. The molecule has 3 N–H and O–H groups in total. The monoisotopic (exact) mass is 356 g/mol. The van der Waals surface area contributed by atoms with Crippen molar-refractivity contribution in [1.82, 2.24) is 10.6 Å². The van der Waals surface area contributed by atoms with Gasteiger partial charge in [-0.25, -0.2) is 4.89 Å². The van der Waals surface area contributed by atoms with Crippen molar-refractivity contribution < 1.29 is 10.1 Å². The van der Waals surface area contributed by atoms with Crippen LogP contribution in [0.25, 0.3) is 0 Å².